The molecule has 0 unspecified atom stereocenters. The van der Waals surface area contributed by atoms with Crippen LogP contribution in [0.2, 0.25) is 0 Å². The number of anilines is 1. The van der Waals surface area contributed by atoms with Gasteiger partial charge in [-0.3, -0.25) is 4.68 Å². The number of benzene rings is 2. The number of nitrogens with one attached hydrogen (secondary N) is 1. The Morgan fingerprint density at radius 3 is 2.66 bits per heavy atom. The highest BCUT2D eigenvalue weighted by molar-refractivity contribution is 5.92. The topological polar surface area (TPSA) is 89.3 Å². The van der Waals surface area contributed by atoms with Gasteiger partial charge in [0.05, 0.1) is 51.7 Å². The quantitative estimate of drug-likeness (QED) is 0.388. The summed E-state index contributed by atoms with van der Waals surface area (Å²) in [7, 11) is 1.77. The lowest BCUT2D eigenvalue weighted by Gasteiger charge is -2.10. The van der Waals surface area contributed by atoms with Gasteiger partial charge in [-0.25, -0.2) is 9.67 Å². The fourth-order valence-corrected chi connectivity index (χ4v) is 4.02. The van der Waals surface area contributed by atoms with Gasteiger partial charge in [-0.1, -0.05) is 6.07 Å². The van der Waals surface area contributed by atoms with E-state index >= 15 is 0 Å². The predicted octanol–water partition coefficient (Wildman–Crippen LogP) is 4.93. The molecule has 0 saturated carbocycles. The van der Waals surface area contributed by atoms with Gasteiger partial charge in [-0.2, -0.15) is 28.6 Å². The van der Waals surface area contributed by atoms with Crippen LogP contribution in [-0.2, 0) is 13.2 Å². The number of hydrogen-bond acceptors (Lipinski definition) is 5. The maximum atomic E-state index is 14.2. The molecule has 176 valence electrons. The molecule has 0 amide bonds. The standard InChI is InChI=1S/C24H19F3N8/c1-3-29-18-9-17(8-7-15(18)10-28)35-21-6-4-5-20(22(21)23(32-35)24(25,26)27)34-13-19(30-14-34)16-11-31-33(2)12-16/h4-9,11-14,29H,3H2,1-2H3. The van der Waals surface area contributed by atoms with Crippen LogP contribution < -0.4 is 5.32 Å². The third-order valence-corrected chi connectivity index (χ3v) is 5.55. The van der Waals surface area contributed by atoms with Gasteiger partial charge >= 0.3 is 6.18 Å². The molecule has 0 aliphatic heterocycles. The van der Waals surface area contributed by atoms with E-state index in [2.05, 4.69) is 26.6 Å². The van der Waals surface area contributed by atoms with Gasteiger partial charge in [0, 0.05) is 31.5 Å². The SMILES string of the molecule is CCNc1cc(-n2nc(C(F)(F)F)c3c(-n4cnc(-c5cnn(C)c5)c4)cccc32)ccc1C#N. The fourth-order valence-electron chi connectivity index (χ4n) is 4.02. The van der Waals surface area contributed by atoms with Crippen molar-refractivity contribution in [2.75, 3.05) is 11.9 Å². The molecule has 0 aliphatic carbocycles. The number of halogens is 3. The third-order valence-electron chi connectivity index (χ3n) is 5.55. The Kier molecular flexibility index (Phi) is 5.28. The van der Waals surface area contributed by atoms with Crippen LogP contribution in [0.1, 0.15) is 18.2 Å². The first-order valence-electron chi connectivity index (χ1n) is 10.7. The zero-order valence-electron chi connectivity index (χ0n) is 18.7. The number of nitriles is 1. The number of fused-ring (bicyclic) bond motifs is 1. The van der Waals surface area contributed by atoms with Gasteiger partial charge in [-0.05, 0) is 37.3 Å². The lowest BCUT2D eigenvalue weighted by atomic mass is 10.1. The summed E-state index contributed by atoms with van der Waals surface area (Å²) >= 11 is 0. The Morgan fingerprint density at radius 1 is 1.14 bits per heavy atom. The van der Waals surface area contributed by atoms with E-state index in [1.807, 2.05) is 6.92 Å². The van der Waals surface area contributed by atoms with E-state index in [-0.39, 0.29) is 10.9 Å². The molecule has 3 aromatic heterocycles. The zero-order valence-corrected chi connectivity index (χ0v) is 18.7. The average Bonchev–Trinajstić information content (AvgIpc) is 3.57. The van der Waals surface area contributed by atoms with E-state index < -0.39 is 11.9 Å². The molecule has 0 radical (unpaired) electrons. The van der Waals surface area contributed by atoms with Crippen molar-refractivity contribution in [3.8, 4) is 28.7 Å². The van der Waals surface area contributed by atoms with Gasteiger partial charge in [0.25, 0.3) is 0 Å². The van der Waals surface area contributed by atoms with Crippen molar-refractivity contribution >= 4 is 16.6 Å². The number of alkyl halides is 3. The van der Waals surface area contributed by atoms with Crippen molar-refractivity contribution in [3.05, 3.63) is 72.6 Å². The Hall–Kier alpha value is -4.59. The molecular formula is C24H19F3N8. The van der Waals surface area contributed by atoms with E-state index in [0.29, 0.717) is 34.9 Å². The molecule has 0 bridgehead atoms. The van der Waals surface area contributed by atoms with Crippen molar-refractivity contribution in [1.82, 2.24) is 29.1 Å². The summed E-state index contributed by atoms with van der Waals surface area (Å²) in [6, 6.07) is 11.7. The van der Waals surface area contributed by atoms with Crippen LogP contribution in [0, 0.1) is 11.3 Å². The maximum absolute atomic E-state index is 14.2. The maximum Gasteiger partial charge on any atom is 0.435 e. The van der Waals surface area contributed by atoms with E-state index in [1.165, 1.54) is 11.0 Å². The molecule has 11 heteroatoms. The summed E-state index contributed by atoms with van der Waals surface area (Å²) in [6.45, 7) is 2.42. The Labute approximate surface area is 197 Å². The number of aromatic nitrogens is 6. The van der Waals surface area contributed by atoms with Gasteiger partial charge in [0.15, 0.2) is 5.69 Å². The lowest BCUT2D eigenvalue weighted by Crippen LogP contribution is -2.08. The number of imidazole rings is 1. The number of nitrogens with zero attached hydrogens (tertiary/aromatic N) is 7. The smallest absolute Gasteiger partial charge is 0.384 e. The summed E-state index contributed by atoms with van der Waals surface area (Å²) in [6.07, 6.45) is 1.86. The highest BCUT2D eigenvalue weighted by Gasteiger charge is 2.38. The van der Waals surface area contributed by atoms with Crippen LogP contribution >= 0.6 is 0 Å². The van der Waals surface area contributed by atoms with Crippen LogP contribution in [0.25, 0.3) is 33.5 Å². The van der Waals surface area contributed by atoms with Gasteiger partial charge in [-0.15, -0.1) is 0 Å². The molecule has 0 atom stereocenters. The highest BCUT2D eigenvalue weighted by Crippen LogP contribution is 2.38. The molecule has 0 fully saturated rings. The molecule has 5 aromatic rings. The minimum Gasteiger partial charge on any atom is -0.384 e. The number of hydrogen-bond donors (Lipinski definition) is 1. The van der Waals surface area contributed by atoms with E-state index in [1.54, 1.807) is 71.3 Å². The summed E-state index contributed by atoms with van der Waals surface area (Å²) in [5, 5.41) is 20.5. The second-order valence-corrected chi connectivity index (χ2v) is 7.87. The molecule has 5 rings (SSSR count). The molecule has 8 nitrogen and oxygen atoms in total. The molecule has 0 aliphatic rings. The molecule has 1 N–H and O–H groups in total. The minimum absolute atomic E-state index is 0.0514. The Morgan fingerprint density at radius 2 is 1.97 bits per heavy atom. The predicted molar refractivity (Wildman–Crippen MR) is 124 cm³/mol. The molecule has 3 heterocycles. The first kappa shape index (κ1) is 22.2. The van der Waals surface area contributed by atoms with Crippen LogP contribution in [0.3, 0.4) is 0 Å². The van der Waals surface area contributed by atoms with Crippen molar-refractivity contribution in [2.24, 2.45) is 7.05 Å². The van der Waals surface area contributed by atoms with Crippen molar-refractivity contribution in [2.45, 2.75) is 13.1 Å². The second kappa shape index (κ2) is 8.32. The summed E-state index contributed by atoms with van der Waals surface area (Å²) in [5.41, 5.74) is 2.22. The van der Waals surface area contributed by atoms with E-state index in [4.69, 9.17) is 0 Å². The summed E-state index contributed by atoms with van der Waals surface area (Å²) in [5.74, 6) is 0. The van der Waals surface area contributed by atoms with E-state index in [9.17, 15) is 18.4 Å². The zero-order chi connectivity index (χ0) is 24.7. The molecule has 0 saturated heterocycles. The third kappa shape index (κ3) is 3.89. The first-order valence-corrected chi connectivity index (χ1v) is 10.7. The summed E-state index contributed by atoms with van der Waals surface area (Å²) in [4.78, 5) is 4.35. The van der Waals surface area contributed by atoms with Gasteiger partial charge in [0.2, 0.25) is 0 Å². The number of rotatable bonds is 5. The fraction of sp³-hybridized carbons (Fsp3) is 0.167. The molecule has 2 aromatic carbocycles. The molecular weight excluding hydrogens is 457 g/mol. The van der Waals surface area contributed by atoms with Crippen LogP contribution in [0.15, 0.2) is 61.3 Å². The summed E-state index contributed by atoms with van der Waals surface area (Å²) < 4.78 is 46.9. The van der Waals surface area contributed by atoms with Crippen molar-refractivity contribution < 1.29 is 13.2 Å². The van der Waals surface area contributed by atoms with E-state index in [0.717, 1.165) is 5.56 Å². The van der Waals surface area contributed by atoms with Crippen LogP contribution in [0.4, 0.5) is 18.9 Å². The number of aryl methyl sites for hydroxylation is 1. The molecule has 35 heavy (non-hydrogen) atoms. The van der Waals surface area contributed by atoms with Crippen LogP contribution in [0.5, 0.6) is 0 Å². The van der Waals surface area contributed by atoms with Crippen molar-refractivity contribution in [1.29, 1.82) is 5.26 Å². The monoisotopic (exact) mass is 476 g/mol. The minimum atomic E-state index is -4.69. The largest absolute Gasteiger partial charge is 0.435 e. The highest BCUT2D eigenvalue weighted by atomic mass is 19.4. The first-order chi connectivity index (χ1) is 16.8. The normalized spacial score (nSPS) is 11.7. The van der Waals surface area contributed by atoms with Gasteiger partial charge in [0.1, 0.15) is 6.07 Å². The Balaban J connectivity index is 1.72. The van der Waals surface area contributed by atoms with Crippen molar-refractivity contribution in [3.63, 3.8) is 0 Å². The Bertz CT molecular complexity index is 1580. The van der Waals surface area contributed by atoms with Gasteiger partial charge < -0.3 is 9.88 Å². The molecule has 0 spiro atoms. The lowest BCUT2D eigenvalue weighted by molar-refractivity contribution is -0.140. The average molecular weight is 476 g/mol. The van der Waals surface area contributed by atoms with Crippen LogP contribution in [-0.4, -0.2) is 35.7 Å². The second-order valence-electron chi connectivity index (χ2n) is 7.87.